The highest BCUT2D eigenvalue weighted by molar-refractivity contribution is 6.35. The normalized spacial score (nSPS) is 15.8. The molecule has 0 radical (unpaired) electrons. The lowest BCUT2D eigenvalue weighted by Crippen LogP contribution is -2.51. The third-order valence-electron chi connectivity index (χ3n) is 5.27. The Bertz CT molecular complexity index is 1100. The van der Waals surface area contributed by atoms with Gasteiger partial charge in [-0.1, -0.05) is 35.3 Å². The molecule has 0 aliphatic carbocycles. The van der Waals surface area contributed by atoms with E-state index in [9.17, 15) is 4.79 Å². The van der Waals surface area contributed by atoms with Gasteiger partial charge in [0.25, 0.3) is 5.91 Å². The maximum absolute atomic E-state index is 12.8. The minimum atomic E-state index is -0.645. The van der Waals surface area contributed by atoms with Gasteiger partial charge in [0.15, 0.2) is 6.10 Å². The van der Waals surface area contributed by atoms with E-state index in [1.807, 2.05) is 24.3 Å². The highest BCUT2D eigenvalue weighted by Crippen LogP contribution is 2.28. The number of carbonyl (C=O) groups excluding carboxylic acids is 1. The molecule has 1 aliphatic heterocycles. The van der Waals surface area contributed by atoms with Gasteiger partial charge in [-0.3, -0.25) is 9.69 Å². The lowest BCUT2D eigenvalue weighted by molar-refractivity contribution is -0.139. The van der Waals surface area contributed by atoms with Crippen LogP contribution in [0.25, 0.3) is 10.9 Å². The molecule has 1 saturated heterocycles. The van der Waals surface area contributed by atoms with Crippen LogP contribution in [0.3, 0.4) is 0 Å². The molecule has 1 fully saturated rings. The average Bonchev–Trinajstić information content (AvgIpc) is 2.76. The Morgan fingerprint density at radius 1 is 1.13 bits per heavy atom. The highest BCUT2D eigenvalue weighted by atomic mass is 35.5. The fourth-order valence-corrected chi connectivity index (χ4v) is 4.07. The largest absolute Gasteiger partial charge is 0.479 e. The van der Waals surface area contributed by atoms with Crippen molar-refractivity contribution in [2.45, 2.75) is 19.6 Å². The molecule has 0 saturated carbocycles. The maximum atomic E-state index is 12.8. The summed E-state index contributed by atoms with van der Waals surface area (Å²) in [7, 11) is 0. The van der Waals surface area contributed by atoms with Gasteiger partial charge in [0, 0.05) is 36.6 Å². The Morgan fingerprint density at radius 3 is 2.61 bits per heavy atom. The first-order valence-corrected chi connectivity index (χ1v) is 10.8. The number of aromatic nitrogens is 2. The molecule has 0 bridgehead atoms. The first-order valence-electron chi connectivity index (χ1n) is 10.0. The quantitative estimate of drug-likeness (QED) is 0.626. The molecule has 2 aromatic carbocycles. The van der Waals surface area contributed by atoms with Gasteiger partial charge in [-0.2, -0.15) is 0 Å². The standard InChI is InChI=1S/C22H23Cl2N5O2/c1-14(31-19-7-6-15(23)12-17(19)24)22(30)29-10-8-28(9-11-29)13-20-26-18-5-3-2-4-16(18)21(25)27-20/h2-7,12,14H,8-11,13H2,1H3,(H2,25,26,27). The van der Waals surface area contributed by atoms with Crippen LogP contribution in [0.4, 0.5) is 5.82 Å². The summed E-state index contributed by atoms with van der Waals surface area (Å²) in [5.41, 5.74) is 6.92. The number of nitrogens with zero attached hydrogens (tertiary/aromatic N) is 4. The lowest BCUT2D eigenvalue weighted by Gasteiger charge is -2.35. The SMILES string of the molecule is CC(Oc1ccc(Cl)cc1Cl)C(=O)N1CCN(Cc2nc(N)c3ccccc3n2)CC1. The number of rotatable bonds is 5. The second-order valence-electron chi connectivity index (χ2n) is 7.48. The van der Waals surface area contributed by atoms with Crippen LogP contribution in [0.2, 0.25) is 10.0 Å². The van der Waals surface area contributed by atoms with Crippen molar-refractivity contribution in [2.75, 3.05) is 31.9 Å². The second-order valence-corrected chi connectivity index (χ2v) is 8.32. The summed E-state index contributed by atoms with van der Waals surface area (Å²) in [6, 6.07) is 12.6. The first kappa shape index (κ1) is 21.6. The first-order chi connectivity index (χ1) is 14.9. The van der Waals surface area contributed by atoms with E-state index in [1.54, 1.807) is 30.0 Å². The molecule has 2 heterocycles. The van der Waals surface area contributed by atoms with E-state index in [4.69, 9.17) is 33.7 Å². The molecule has 3 aromatic rings. The van der Waals surface area contributed by atoms with Crippen molar-refractivity contribution in [3.8, 4) is 5.75 Å². The molecule has 0 spiro atoms. The number of carbonyl (C=O) groups is 1. The predicted octanol–water partition coefficient (Wildman–Crippen LogP) is 3.63. The van der Waals surface area contributed by atoms with E-state index in [1.165, 1.54) is 0 Å². The molecule has 1 unspecified atom stereocenters. The van der Waals surface area contributed by atoms with E-state index in [0.717, 1.165) is 24.0 Å². The van der Waals surface area contributed by atoms with E-state index in [2.05, 4.69) is 14.9 Å². The van der Waals surface area contributed by atoms with E-state index in [0.29, 0.717) is 47.1 Å². The Hall–Kier alpha value is -2.61. The molecule has 1 atom stereocenters. The monoisotopic (exact) mass is 459 g/mol. The number of nitrogens with two attached hydrogens (primary N) is 1. The van der Waals surface area contributed by atoms with Crippen LogP contribution < -0.4 is 10.5 Å². The van der Waals surface area contributed by atoms with E-state index >= 15 is 0 Å². The number of fused-ring (bicyclic) bond motifs is 1. The van der Waals surface area contributed by atoms with Crippen molar-refractivity contribution in [1.82, 2.24) is 19.8 Å². The summed E-state index contributed by atoms with van der Waals surface area (Å²) in [5.74, 6) is 1.54. The lowest BCUT2D eigenvalue weighted by atomic mass is 10.2. The molecule has 1 aliphatic rings. The minimum Gasteiger partial charge on any atom is -0.479 e. The van der Waals surface area contributed by atoms with Crippen LogP contribution in [-0.2, 0) is 11.3 Å². The molecule has 162 valence electrons. The van der Waals surface area contributed by atoms with Crippen LogP contribution in [-0.4, -0.2) is 58.0 Å². The smallest absolute Gasteiger partial charge is 0.263 e. The number of nitrogen functional groups attached to an aromatic ring is 1. The van der Waals surface area contributed by atoms with Crippen LogP contribution in [0.1, 0.15) is 12.7 Å². The fraction of sp³-hybridized carbons (Fsp3) is 0.318. The molecule has 7 nitrogen and oxygen atoms in total. The van der Waals surface area contributed by atoms with Gasteiger partial charge < -0.3 is 15.4 Å². The number of anilines is 1. The molecule has 31 heavy (non-hydrogen) atoms. The van der Waals surface area contributed by atoms with Crippen molar-refractivity contribution < 1.29 is 9.53 Å². The number of halogens is 2. The van der Waals surface area contributed by atoms with Crippen LogP contribution >= 0.6 is 23.2 Å². The van der Waals surface area contributed by atoms with Crippen LogP contribution in [0, 0.1) is 0 Å². The van der Waals surface area contributed by atoms with Crippen molar-refractivity contribution in [1.29, 1.82) is 0 Å². The summed E-state index contributed by atoms with van der Waals surface area (Å²) in [6.45, 7) is 4.95. The number of hydrogen-bond acceptors (Lipinski definition) is 6. The number of piperazine rings is 1. The predicted molar refractivity (Wildman–Crippen MR) is 122 cm³/mol. The average molecular weight is 460 g/mol. The molecular weight excluding hydrogens is 437 g/mol. The molecule has 4 rings (SSSR count). The van der Waals surface area contributed by atoms with Crippen LogP contribution in [0.15, 0.2) is 42.5 Å². The van der Waals surface area contributed by atoms with Gasteiger partial charge >= 0.3 is 0 Å². The Morgan fingerprint density at radius 2 is 1.87 bits per heavy atom. The summed E-state index contributed by atoms with van der Waals surface area (Å²) in [6.07, 6.45) is -0.645. The second kappa shape index (κ2) is 9.26. The molecule has 1 amide bonds. The summed E-state index contributed by atoms with van der Waals surface area (Å²) >= 11 is 12.1. The zero-order valence-corrected chi connectivity index (χ0v) is 18.6. The number of amides is 1. The third-order valence-corrected chi connectivity index (χ3v) is 5.80. The molecule has 1 aromatic heterocycles. The maximum Gasteiger partial charge on any atom is 0.263 e. The topological polar surface area (TPSA) is 84.6 Å². The molecule has 2 N–H and O–H groups in total. The minimum absolute atomic E-state index is 0.0723. The Balaban J connectivity index is 1.33. The highest BCUT2D eigenvalue weighted by Gasteiger charge is 2.27. The van der Waals surface area contributed by atoms with Crippen molar-refractivity contribution >= 4 is 45.8 Å². The van der Waals surface area contributed by atoms with Crippen molar-refractivity contribution in [3.63, 3.8) is 0 Å². The zero-order valence-electron chi connectivity index (χ0n) is 17.1. The Labute approximate surface area is 190 Å². The number of hydrogen-bond donors (Lipinski definition) is 1. The van der Waals surface area contributed by atoms with Gasteiger partial charge in [-0.15, -0.1) is 0 Å². The third kappa shape index (κ3) is 5.01. The number of para-hydroxylation sites is 1. The van der Waals surface area contributed by atoms with Crippen LogP contribution in [0.5, 0.6) is 5.75 Å². The Kier molecular flexibility index (Phi) is 6.46. The summed E-state index contributed by atoms with van der Waals surface area (Å²) in [4.78, 5) is 25.9. The summed E-state index contributed by atoms with van der Waals surface area (Å²) < 4.78 is 5.76. The van der Waals surface area contributed by atoms with Crippen molar-refractivity contribution in [3.05, 3.63) is 58.3 Å². The van der Waals surface area contributed by atoms with Crippen molar-refractivity contribution in [2.24, 2.45) is 0 Å². The van der Waals surface area contributed by atoms with E-state index in [-0.39, 0.29) is 5.91 Å². The van der Waals surface area contributed by atoms with Gasteiger partial charge in [0.05, 0.1) is 17.1 Å². The van der Waals surface area contributed by atoms with Gasteiger partial charge in [-0.05, 0) is 37.3 Å². The molecular formula is C22H23Cl2N5O2. The van der Waals surface area contributed by atoms with E-state index < -0.39 is 6.10 Å². The van der Waals surface area contributed by atoms with Gasteiger partial charge in [0.2, 0.25) is 0 Å². The summed E-state index contributed by atoms with van der Waals surface area (Å²) in [5, 5.41) is 1.76. The number of benzene rings is 2. The van der Waals surface area contributed by atoms with Gasteiger partial charge in [0.1, 0.15) is 17.4 Å². The zero-order chi connectivity index (χ0) is 22.0. The van der Waals surface area contributed by atoms with Gasteiger partial charge in [-0.25, -0.2) is 9.97 Å². The number of ether oxygens (including phenoxy) is 1. The fourth-order valence-electron chi connectivity index (χ4n) is 3.62. The molecule has 9 heteroatoms.